The van der Waals surface area contributed by atoms with Crippen molar-refractivity contribution in [3.8, 4) is 0 Å². The zero-order chi connectivity index (χ0) is 24.4. The fourth-order valence-electron chi connectivity index (χ4n) is 11.0. The molecule has 6 aliphatic carbocycles. The van der Waals surface area contributed by atoms with Crippen molar-refractivity contribution in [3.63, 3.8) is 0 Å². The third-order valence-electron chi connectivity index (χ3n) is 10.9. The van der Waals surface area contributed by atoms with Crippen LogP contribution in [0.3, 0.4) is 0 Å². The van der Waals surface area contributed by atoms with Gasteiger partial charge in [0.1, 0.15) is 0 Å². The molecule has 33 heavy (non-hydrogen) atoms. The van der Waals surface area contributed by atoms with Crippen molar-refractivity contribution >= 4 is 18.4 Å². The first-order valence-corrected chi connectivity index (χ1v) is 19.6. The summed E-state index contributed by atoms with van der Waals surface area (Å²) >= 11 is -4.06. The molecule has 6 rings (SSSR count). The normalized spacial score (nSPS) is 46.6. The summed E-state index contributed by atoms with van der Waals surface area (Å²) in [5, 5.41) is 50.3. The Morgan fingerprint density at radius 3 is 1.12 bits per heavy atom. The van der Waals surface area contributed by atoms with Gasteiger partial charge in [-0.05, 0) is 0 Å². The van der Waals surface area contributed by atoms with Gasteiger partial charge < -0.3 is 0 Å². The molecule has 0 N–H and O–H groups in total. The summed E-state index contributed by atoms with van der Waals surface area (Å²) in [4.78, 5) is 48.1. The average Bonchev–Trinajstić information content (AvgIpc) is 2.76. The molecule has 0 unspecified atom stereocenters. The number of hydrogen-bond donors (Lipinski definition) is 0. The van der Waals surface area contributed by atoms with E-state index in [1.807, 2.05) is 20.8 Å². The van der Waals surface area contributed by atoms with Crippen molar-refractivity contribution in [1.82, 2.24) is 0 Å². The van der Waals surface area contributed by atoms with Crippen LogP contribution >= 0.6 is 0 Å². The van der Waals surface area contributed by atoms with Crippen LogP contribution in [0.1, 0.15) is 59.3 Å². The molecule has 6 fully saturated rings. The maximum absolute atomic E-state index is 12.7. The molecule has 0 spiro atoms. The Kier molecular flexibility index (Phi) is 4.45. The number of hydrogen-bond acceptors (Lipinski definition) is 8. The predicted molar refractivity (Wildman–Crippen MR) is 117 cm³/mol. The van der Waals surface area contributed by atoms with Crippen LogP contribution in [0.25, 0.3) is 0 Å². The van der Waals surface area contributed by atoms with Crippen LogP contribution in [0.4, 0.5) is 0 Å². The van der Waals surface area contributed by atoms with Gasteiger partial charge in [0.2, 0.25) is 0 Å². The van der Waals surface area contributed by atoms with Crippen molar-refractivity contribution in [2.75, 3.05) is 0 Å². The second-order valence-electron chi connectivity index (χ2n) is 11.0. The Bertz CT molecular complexity index is 880. The predicted octanol–water partition coefficient (Wildman–Crippen LogP) is 3.55. The molecule has 13 heteroatoms. The van der Waals surface area contributed by atoms with Gasteiger partial charge in [-0.2, -0.15) is 0 Å². The number of unbranched alkanes of at least 4 members (excludes halogenated alkanes) is 3. The second-order valence-corrected chi connectivity index (χ2v) is 24.8. The molecule has 0 saturated heterocycles. The minimum absolute atomic E-state index is 0.515. The van der Waals surface area contributed by atoms with E-state index in [0.29, 0.717) is 13.3 Å². The van der Waals surface area contributed by atoms with E-state index >= 15 is 0 Å². The quantitative estimate of drug-likeness (QED) is 0.172. The zero-order valence-electron chi connectivity index (χ0n) is 19.2. The van der Waals surface area contributed by atoms with Crippen LogP contribution in [0.5, 0.6) is 0 Å². The minimum atomic E-state index is -4.06. The summed E-state index contributed by atoms with van der Waals surface area (Å²) in [6.45, 7) is 5.98. The van der Waals surface area contributed by atoms with E-state index in [2.05, 4.69) is 0 Å². The van der Waals surface area contributed by atoms with Crippen LogP contribution in [-0.4, -0.2) is 60.2 Å². The molecule has 0 aromatic carbocycles. The summed E-state index contributed by atoms with van der Waals surface area (Å²) < 4.78 is 0.423. The van der Waals surface area contributed by atoms with E-state index < -0.39 is 81.4 Å². The van der Waals surface area contributed by atoms with Crippen LogP contribution in [0.2, 0.25) is 16.7 Å². The van der Waals surface area contributed by atoms with E-state index in [0.717, 1.165) is 38.5 Å². The molecule has 0 aromatic heterocycles. The molecule has 0 atom stereocenters. The first-order valence-electron chi connectivity index (χ1n) is 12.1. The zero-order valence-corrected chi connectivity index (χ0v) is 22.0. The first-order chi connectivity index (χ1) is 15.6. The standard InChI is InChI=1S/C8H3N4O8.3C4H9.Sn/c13-9(14)5-1-6(10(15)16)2(5)8(12(19)20)3(5)7(1,4(6)8)11(17)18;3*1-3-4-2;/h1-3H;3*1,3-4H2,2H3;. The van der Waals surface area contributed by atoms with Crippen LogP contribution < -0.4 is 0 Å². The topological polar surface area (TPSA) is 173 Å². The summed E-state index contributed by atoms with van der Waals surface area (Å²) in [5.74, 6) is -3.89. The number of nitrogens with zero attached hydrogens (tertiary/aromatic N) is 4. The van der Waals surface area contributed by atoms with E-state index in [1.54, 1.807) is 0 Å². The molecule has 6 aliphatic rings. The Morgan fingerprint density at radius 2 is 0.909 bits per heavy atom. The molecule has 0 amide bonds. The summed E-state index contributed by atoms with van der Waals surface area (Å²) in [5.41, 5.74) is -7.34. The Hall–Kier alpha value is -1.60. The van der Waals surface area contributed by atoms with Gasteiger partial charge in [-0.1, -0.05) is 0 Å². The molecule has 0 aliphatic heterocycles. The summed E-state index contributed by atoms with van der Waals surface area (Å²) in [6, 6.07) is 0. The average molecular weight is 573 g/mol. The maximum atomic E-state index is 12.7. The first kappa shape index (κ1) is 23.2. The number of rotatable bonds is 14. The SMILES string of the molecule is CCC[CH2][Sn]([CH2]CCC)([CH2]CCC)[C]12C3([N+](=O)[O-])C4C5([N+](=O)[O-])C3C1([N+](=O)[O-])C5C42[N+](=O)[O-]. The third kappa shape index (κ3) is 1.51. The molecule has 182 valence electrons. The van der Waals surface area contributed by atoms with Gasteiger partial charge in [0.25, 0.3) is 0 Å². The Balaban J connectivity index is 1.79. The summed E-state index contributed by atoms with van der Waals surface area (Å²) in [7, 11) is 0. The van der Waals surface area contributed by atoms with Gasteiger partial charge in [-0.3, -0.25) is 0 Å². The Labute approximate surface area is 194 Å². The molecule has 0 heterocycles. The van der Waals surface area contributed by atoms with Gasteiger partial charge in [0, 0.05) is 0 Å². The van der Waals surface area contributed by atoms with Crippen molar-refractivity contribution in [3.05, 3.63) is 40.5 Å². The monoisotopic (exact) mass is 574 g/mol. The Morgan fingerprint density at radius 1 is 0.606 bits per heavy atom. The molecular weight excluding hydrogens is 543 g/mol. The van der Waals surface area contributed by atoms with Crippen LogP contribution in [-0.2, 0) is 0 Å². The van der Waals surface area contributed by atoms with E-state index in [4.69, 9.17) is 0 Å². The fraction of sp³-hybridized carbons (Fsp3) is 1.00. The van der Waals surface area contributed by atoms with Gasteiger partial charge in [-0.15, -0.1) is 0 Å². The molecule has 0 radical (unpaired) electrons. The van der Waals surface area contributed by atoms with E-state index in [-0.39, 0.29) is 0 Å². The van der Waals surface area contributed by atoms with Crippen molar-refractivity contribution in [2.45, 2.75) is 98.2 Å². The van der Waals surface area contributed by atoms with E-state index in [1.165, 1.54) is 0 Å². The van der Waals surface area contributed by atoms with E-state index in [9.17, 15) is 40.5 Å². The van der Waals surface area contributed by atoms with Crippen LogP contribution in [0.15, 0.2) is 0 Å². The second kappa shape index (κ2) is 6.34. The van der Waals surface area contributed by atoms with Gasteiger partial charge in [-0.25, -0.2) is 0 Å². The van der Waals surface area contributed by atoms with Crippen LogP contribution in [0, 0.1) is 58.2 Å². The van der Waals surface area contributed by atoms with Gasteiger partial charge in [0.05, 0.1) is 0 Å². The van der Waals surface area contributed by atoms with Gasteiger partial charge >= 0.3 is 194 Å². The molecule has 0 aromatic rings. The van der Waals surface area contributed by atoms with Gasteiger partial charge in [0.15, 0.2) is 0 Å². The summed E-state index contributed by atoms with van der Waals surface area (Å²) in [6.07, 6.45) is 4.68. The van der Waals surface area contributed by atoms with Crippen molar-refractivity contribution < 1.29 is 19.7 Å². The van der Waals surface area contributed by atoms with Crippen molar-refractivity contribution in [1.29, 1.82) is 0 Å². The molecule has 12 nitrogen and oxygen atoms in total. The fourth-order valence-corrected chi connectivity index (χ4v) is 35.7. The molecule has 6 saturated carbocycles. The third-order valence-corrected chi connectivity index (χ3v) is 30.1. The molecule has 0 bridgehead atoms. The number of nitro groups is 4. The molecular formula is C20H30N4O8Sn. The van der Waals surface area contributed by atoms with Crippen molar-refractivity contribution in [2.24, 2.45) is 17.8 Å².